The predicted octanol–water partition coefficient (Wildman–Crippen LogP) is 1.65. The van der Waals surface area contributed by atoms with Crippen LogP contribution in [0.4, 0.5) is 0 Å². The lowest BCUT2D eigenvalue weighted by Gasteiger charge is -2.22. The summed E-state index contributed by atoms with van der Waals surface area (Å²) in [6.07, 6.45) is 1.01. The molecule has 1 fully saturated rings. The molecule has 3 nitrogen and oxygen atoms in total. The van der Waals surface area contributed by atoms with Crippen molar-refractivity contribution in [2.45, 2.75) is 18.4 Å². The van der Waals surface area contributed by atoms with Crippen molar-refractivity contribution < 1.29 is 9.53 Å². The van der Waals surface area contributed by atoms with Crippen LogP contribution < -0.4 is 0 Å². The molecule has 1 saturated heterocycles. The summed E-state index contributed by atoms with van der Waals surface area (Å²) in [5.74, 6) is 0.132. The van der Waals surface area contributed by atoms with E-state index in [4.69, 9.17) is 4.74 Å². The maximum atomic E-state index is 11.7. The Balaban J connectivity index is 2.24. The number of benzene rings is 1. The maximum absolute atomic E-state index is 11.7. The Bertz CT molecular complexity index is 363. The number of carbonyl (C=O) groups excluding carboxylic acids is 1. The van der Waals surface area contributed by atoms with Gasteiger partial charge in [-0.25, -0.2) is 0 Å². The van der Waals surface area contributed by atoms with Crippen LogP contribution in [0.2, 0.25) is 0 Å². The standard InChI is InChI=1S/C13H17NO2/c1-14-9-8-11(12(14)13(15)16-2)10-6-4-3-5-7-10/h3-7,11-12H,8-9H2,1-2H3/t11-,12+/m0/s1. The third-order valence-electron chi connectivity index (χ3n) is 3.32. The third-order valence-corrected chi connectivity index (χ3v) is 3.32. The van der Waals surface area contributed by atoms with Crippen LogP contribution in [0, 0.1) is 0 Å². The highest BCUT2D eigenvalue weighted by Gasteiger charge is 2.38. The molecule has 1 aliphatic heterocycles. The maximum Gasteiger partial charge on any atom is 0.323 e. The minimum absolute atomic E-state index is 0.131. The quantitative estimate of drug-likeness (QED) is 0.708. The molecule has 2 atom stereocenters. The largest absolute Gasteiger partial charge is 0.468 e. The average Bonchev–Trinajstić information content (AvgIpc) is 2.71. The monoisotopic (exact) mass is 219 g/mol. The molecule has 2 rings (SSSR count). The topological polar surface area (TPSA) is 29.5 Å². The van der Waals surface area contributed by atoms with Crippen molar-refractivity contribution in [1.82, 2.24) is 4.90 Å². The van der Waals surface area contributed by atoms with E-state index >= 15 is 0 Å². The summed E-state index contributed by atoms with van der Waals surface area (Å²) in [6.45, 7) is 0.944. The van der Waals surface area contributed by atoms with Crippen LogP contribution in [0.1, 0.15) is 17.9 Å². The van der Waals surface area contributed by atoms with Gasteiger partial charge in [0.2, 0.25) is 0 Å². The van der Waals surface area contributed by atoms with E-state index in [0.717, 1.165) is 13.0 Å². The number of ether oxygens (including phenoxy) is 1. The molecule has 0 radical (unpaired) electrons. The van der Waals surface area contributed by atoms with Gasteiger partial charge in [-0.3, -0.25) is 9.69 Å². The summed E-state index contributed by atoms with van der Waals surface area (Å²) >= 11 is 0. The van der Waals surface area contributed by atoms with Gasteiger partial charge in [0.05, 0.1) is 7.11 Å². The second-order valence-corrected chi connectivity index (χ2v) is 4.25. The summed E-state index contributed by atoms with van der Waals surface area (Å²) in [7, 11) is 3.43. The van der Waals surface area contributed by atoms with Crippen molar-refractivity contribution >= 4 is 5.97 Å². The highest BCUT2D eigenvalue weighted by Crippen LogP contribution is 2.32. The highest BCUT2D eigenvalue weighted by atomic mass is 16.5. The number of hydrogen-bond acceptors (Lipinski definition) is 3. The van der Waals surface area contributed by atoms with Gasteiger partial charge in [-0.15, -0.1) is 0 Å². The van der Waals surface area contributed by atoms with Crippen molar-refractivity contribution in [3.8, 4) is 0 Å². The van der Waals surface area contributed by atoms with Gasteiger partial charge >= 0.3 is 5.97 Å². The first-order valence-electron chi connectivity index (χ1n) is 5.57. The lowest BCUT2D eigenvalue weighted by molar-refractivity contribution is -0.145. The fourth-order valence-corrected chi connectivity index (χ4v) is 2.46. The van der Waals surface area contributed by atoms with Crippen molar-refractivity contribution in [1.29, 1.82) is 0 Å². The van der Waals surface area contributed by atoms with Crippen molar-refractivity contribution in [3.63, 3.8) is 0 Å². The number of methoxy groups -OCH3 is 1. The minimum atomic E-state index is -0.132. The second kappa shape index (κ2) is 4.66. The fourth-order valence-electron chi connectivity index (χ4n) is 2.46. The molecule has 0 saturated carbocycles. The van der Waals surface area contributed by atoms with Gasteiger partial charge in [-0.05, 0) is 25.6 Å². The minimum Gasteiger partial charge on any atom is -0.468 e. The second-order valence-electron chi connectivity index (χ2n) is 4.25. The van der Waals surface area contributed by atoms with Crippen molar-refractivity contribution in [3.05, 3.63) is 35.9 Å². The van der Waals surface area contributed by atoms with Crippen LogP contribution in [0.25, 0.3) is 0 Å². The van der Waals surface area contributed by atoms with E-state index < -0.39 is 0 Å². The first-order valence-corrected chi connectivity index (χ1v) is 5.57. The van der Waals surface area contributed by atoms with Crippen molar-refractivity contribution in [2.75, 3.05) is 20.7 Å². The first kappa shape index (κ1) is 11.1. The molecule has 1 aliphatic rings. The number of esters is 1. The number of nitrogens with zero attached hydrogens (tertiary/aromatic N) is 1. The normalized spacial score (nSPS) is 25.6. The molecule has 0 unspecified atom stereocenters. The van der Waals surface area contributed by atoms with E-state index in [1.807, 2.05) is 25.2 Å². The van der Waals surface area contributed by atoms with Crippen LogP contribution in [0.5, 0.6) is 0 Å². The lowest BCUT2D eigenvalue weighted by atomic mass is 9.92. The molecule has 16 heavy (non-hydrogen) atoms. The SMILES string of the molecule is COC(=O)[C@H]1[C@H](c2ccccc2)CCN1C. The van der Waals surface area contributed by atoms with Gasteiger partial charge in [0.25, 0.3) is 0 Å². The van der Waals surface area contributed by atoms with Crippen LogP contribution in [0.15, 0.2) is 30.3 Å². The average molecular weight is 219 g/mol. The Morgan fingerprint density at radius 2 is 2.06 bits per heavy atom. The van der Waals surface area contributed by atoms with Gasteiger partial charge in [0.1, 0.15) is 6.04 Å². The van der Waals surface area contributed by atoms with Crippen LogP contribution in [-0.2, 0) is 9.53 Å². The molecule has 1 heterocycles. The zero-order valence-electron chi connectivity index (χ0n) is 9.72. The Morgan fingerprint density at radius 3 is 2.69 bits per heavy atom. The Hall–Kier alpha value is -1.35. The van der Waals surface area contributed by atoms with Crippen LogP contribution >= 0.6 is 0 Å². The highest BCUT2D eigenvalue weighted by molar-refractivity contribution is 5.77. The molecular formula is C13H17NO2. The van der Waals surface area contributed by atoms with Crippen LogP contribution in [0.3, 0.4) is 0 Å². The van der Waals surface area contributed by atoms with E-state index in [1.165, 1.54) is 12.7 Å². The van der Waals surface area contributed by atoms with Gasteiger partial charge in [0.15, 0.2) is 0 Å². The van der Waals surface area contributed by atoms with E-state index in [9.17, 15) is 4.79 Å². The van der Waals surface area contributed by atoms with E-state index in [1.54, 1.807) is 0 Å². The third kappa shape index (κ3) is 1.95. The number of likely N-dealkylation sites (N-methyl/N-ethyl adjacent to an activating group) is 1. The number of rotatable bonds is 2. The smallest absolute Gasteiger partial charge is 0.323 e. The zero-order chi connectivity index (χ0) is 11.5. The van der Waals surface area contributed by atoms with E-state index in [-0.39, 0.29) is 17.9 Å². The summed E-state index contributed by atoms with van der Waals surface area (Å²) in [5, 5.41) is 0. The zero-order valence-corrected chi connectivity index (χ0v) is 9.72. The molecule has 0 spiro atoms. The molecular weight excluding hydrogens is 202 g/mol. The summed E-state index contributed by atoms with van der Waals surface area (Å²) < 4.78 is 4.88. The molecule has 1 aromatic carbocycles. The predicted molar refractivity (Wildman–Crippen MR) is 62.2 cm³/mol. The fraction of sp³-hybridized carbons (Fsp3) is 0.462. The summed E-state index contributed by atoms with van der Waals surface area (Å²) in [4.78, 5) is 13.8. The van der Waals surface area contributed by atoms with Crippen molar-refractivity contribution in [2.24, 2.45) is 0 Å². The molecule has 0 aromatic heterocycles. The van der Waals surface area contributed by atoms with Gasteiger partial charge < -0.3 is 4.74 Å². The van der Waals surface area contributed by atoms with E-state index in [0.29, 0.717) is 0 Å². The molecule has 0 amide bonds. The molecule has 0 aliphatic carbocycles. The Labute approximate surface area is 96.0 Å². The molecule has 0 N–H and O–H groups in total. The summed E-state index contributed by atoms with van der Waals surface area (Å²) in [5.41, 5.74) is 1.22. The first-order chi connectivity index (χ1) is 7.74. The molecule has 1 aromatic rings. The van der Waals surface area contributed by atoms with Gasteiger partial charge in [0, 0.05) is 5.92 Å². The Morgan fingerprint density at radius 1 is 1.38 bits per heavy atom. The molecule has 0 bridgehead atoms. The Kier molecular flexibility index (Phi) is 3.25. The van der Waals surface area contributed by atoms with E-state index in [2.05, 4.69) is 17.0 Å². The number of likely N-dealkylation sites (tertiary alicyclic amines) is 1. The van der Waals surface area contributed by atoms with Gasteiger partial charge in [-0.1, -0.05) is 30.3 Å². The molecule has 86 valence electrons. The van der Waals surface area contributed by atoms with Gasteiger partial charge in [-0.2, -0.15) is 0 Å². The van der Waals surface area contributed by atoms with Crippen LogP contribution in [-0.4, -0.2) is 37.6 Å². The number of carbonyl (C=O) groups is 1. The lowest BCUT2D eigenvalue weighted by Crippen LogP contribution is -2.37. The summed E-state index contributed by atoms with van der Waals surface area (Å²) in [6, 6.07) is 10.1. The molecule has 3 heteroatoms. The number of hydrogen-bond donors (Lipinski definition) is 0.